The molecule has 0 aliphatic carbocycles. The van der Waals surface area contributed by atoms with Crippen molar-refractivity contribution in [3.8, 4) is 0 Å². The number of ether oxygens (including phenoxy) is 1. The van der Waals surface area contributed by atoms with Crippen LogP contribution in [0.1, 0.15) is 13.3 Å². The van der Waals surface area contributed by atoms with Gasteiger partial charge in [-0.15, -0.1) is 0 Å². The normalized spacial score (nSPS) is 12.5. The molecule has 1 atom stereocenters. The highest BCUT2D eigenvalue weighted by atomic mass is 79.9. The lowest BCUT2D eigenvalue weighted by Gasteiger charge is -2.17. The average Bonchev–Trinajstić information content (AvgIpc) is 2.17. The maximum atomic E-state index is 5.12. The fourth-order valence-corrected chi connectivity index (χ4v) is 1.68. The van der Waals surface area contributed by atoms with Gasteiger partial charge in [-0.2, -0.15) is 0 Å². The molecule has 0 spiro atoms. The van der Waals surface area contributed by atoms with E-state index in [4.69, 9.17) is 4.74 Å². The largest absolute Gasteiger partial charge is 0.383 e. The highest BCUT2D eigenvalue weighted by molar-refractivity contribution is 9.10. The van der Waals surface area contributed by atoms with Crippen LogP contribution in [0.15, 0.2) is 28.7 Å². The molecule has 0 amide bonds. The number of anilines is 1. The van der Waals surface area contributed by atoms with E-state index in [0.29, 0.717) is 6.04 Å². The van der Waals surface area contributed by atoms with E-state index in [2.05, 4.69) is 40.3 Å². The Morgan fingerprint density at radius 3 is 2.86 bits per heavy atom. The third kappa shape index (κ3) is 3.68. The lowest BCUT2D eigenvalue weighted by molar-refractivity contribution is 0.184. The summed E-state index contributed by atoms with van der Waals surface area (Å²) < 4.78 is 6.22. The first-order valence-corrected chi connectivity index (χ1v) is 5.56. The molecule has 1 rings (SSSR count). The third-order valence-electron chi connectivity index (χ3n) is 2.06. The molecule has 0 aromatic heterocycles. The number of halogens is 1. The minimum atomic E-state index is 0.384. The predicted octanol–water partition coefficient (Wildman–Crippen LogP) is 3.29. The van der Waals surface area contributed by atoms with E-state index in [1.807, 2.05) is 12.1 Å². The van der Waals surface area contributed by atoms with Crippen LogP contribution < -0.4 is 5.32 Å². The van der Waals surface area contributed by atoms with Crippen LogP contribution in [0.2, 0.25) is 0 Å². The Morgan fingerprint density at radius 1 is 1.50 bits per heavy atom. The lowest BCUT2D eigenvalue weighted by Crippen LogP contribution is -2.23. The average molecular weight is 258 g/mol. The summed E-state index contributed by atoms with van der Waals surface area (Å²) >= 11 is 3.44. The van der Waals surface area contributed by atoms with Crippen LogP contribution in [0.5, 0.6) is 0 Å². The molecular weight excluding hydrogens is 242 g/mol. The van der Waals surface area contributed by atoms with Crippen molar-refractivity contribution in [1.29, 1.82) is 0 Å². The van der Waals surface area contributed by atoms with Crippen molar-refractivity contribution in [1.82, 2.24) is 0 Å². The maximum Gasteiger partial charge on any atom is 0.0663 e. The third-order valence-corrected chi connectivity index (χ3v) is 2.55. The molecule has 2 nitrogen and oxygen atoms in total. The first-order valence-electron chi connectivity index (χ1n) is 4.77. The van der Waals surface area contributed by atoms with Gasteiger partial charge in [0.2, 0.25) is 0 Å². The molecule has 1 aromatic rings. The summed E-state index contributed by atoms with van der Waals surface area (Å²) in [5, 5.41) is 3.42. The fourth-order valence-electron chi connectivity index (χ4n) is 1.28. The molecule has 0 bridgehead atoms. The number of hydrogen-bond donors (Lipinski definition) is 1. The van der Waals surface area contributed by atoms with Crippen molar-refractivity contribution in [2.45, 2.75) is 19.4 Å². The quantitative estimate of drug-likeness (QED) is 0.875. The Kier molecular flexibility index (Phi) is 4.98. The number of hydrogen-bond acceptors (Lipinski definition) is 2. The molecule has 78 valence electrons. The maximum absolute atomic E-state index is 5.12. The van der Waals surface area contributed by atoms with E-state index in [-0.39, 0.29) is 0 Å². The Bertz CT molecular complexity index is 278. The molecule has 0 saturated carbocycles. The van der Waals surface area contributed by atoms with Crippen LogP contribution in [-0.2, 0) is 4.74 Å². The van der Waals surface area contributed by atoms with E-state index in [1.54, 1.807) is 7.11 Å². The topological polar surface area (TPSA) is 21.3 Å². The van der Waals surface area contributed by atoms with Gasteiger partial charge >= 0.3 is 0 Å². The van der Waals surface area contributed by atoms with E-state index >= 15 is 0 Å². The second kappa shape index (κ2) is 6.04. The molecule has 1 aromatic carbocycles. The summed E-state index contributed by atoms with van der Waals surface area (Å²) in [5.41, 5.74) is 1.13. The number of benzene rings is 1. The number of nitrogens with one attached hydrogen (secondary N) is 1. The van der Waals surface area contributed by atoms with Crippen molar-refractivity contribution in [3.63, 3.8) is 0 Å². The van der Waals surface area contributed by atoms with Gasteiger partial charge in [-0.1, -0.05) is 28.9 Å². The second-order valence-corrected chi connectivity index (χ2v) is 4.13. The van der Waals surface area contributed by atoms with E-state index in [0.717, 1.165) is 23.2 Å². The monoisotopic (exact) mass is 257 g/mol. The number of methoxy groups -OCH3 is 1. The molecular formula is C11H16BrNO. The Hall–Kier alpha value is -0.540. The van der Waals surface area contributed by atoms with Crippen molar-refractivity contribution < 1.29 is 4.74 Å². The van der Waals surface area contributed by atoms with Gasteiger partial charge in [0.1, 0.15) is 0 Å². The van der Waals surface area contributed by atoms with Crippen LogP contribution in [0, 0.1) is 0 Å². The van der Waals surface area contributed by atoms with Crippen LogP contribution in [-0.4, -0.2) is 19.8 Å². The second-order valence-electron chi connectivity index (χ2n) is 3.22. The van der Waals surface area contributed by atoms with Gasteiger partial charge in [-0.25, -0.2) is 0 Å². The summed E-state index contributed by atoms with van der Waals surface area (Å²) in [6.07, 6.45) is 1.06. The van der Waals surface area contributed by atoms with Crippen LogP contribution in [0.3, 0.4) is 0 Å². The van der Waals surface area contributed by atoms with Gasteiger partial charge in [0.15, 0.2) is 0 Å². The minimum absolute atomic E-state index is 0.384. The van der Waals surface area contributed by atoms with Gasteiger partial charge in [-0.05, 0) is 24.6 Å². The van der Waals surface area contributed by atoms with Gasteiger partial charge in [0, 0.05) is 23.3 Å². The molecule has 0 aliphatic heterocycles. The standard InChI is InChI=1S/C11H16BrNO/c1-3-10(8-14-2)13-11-6-4-5-9(12)7-11/h4-7,10,13H,3,8H2,1-2H3. The summed E-state index contributed by atoms with van der Waals surface area (Å²) in [6, 6.07) is 8.55. The first-order chi connectivity index (χ1) is 6.76. The van der Waals surface area contributed by atoms with Crippen LogP contribution in [0.25, 0.3) is 0 Å². The zero-order valence-electron chi connectivity index (χ0n) is 8.59. The Labute approximate surface area is 93.8 Å². The van der Waals surface area contributed by atoms with E-state index in [1.165, 1.54) is 0 Å². The fraction of sp³-hybridized carbons (Fsp3) is 0.455. The van der Waals surface area contributed by atoms with Crippen molar-refractivity contribution >= 4 is 21.6 Å². The molecule has 1 unspecified atom stereocenters. The zero-order valence-corrected chi connectivity index (χ0v) is 10.2. The smallest absolute Gasteiger partial charge is 0.0663 e. The van der Waals surface area contributed by atoms with E-state index in [9.17, 15) is 0 Å². The highest BCUT2D eigenvalue weighted by Crippen LogP contribution is 2.16. The Balaban J connectivity index is 2.57. The van der Waals surface area contributed by atoms with Gasteiger partial charge in [0.05, 0.1) is 6.61 Å². The van der Waals surface area contributed by atoms with Crippen molar-refractivity contribution in [2.75, 3.05) is 19.0 Å². The predicted molar refractivity (Wildman–Crippen MR) is 63.7 cm³/mol. The van der Waals surface area contributed by atoms with Gasteiger partial charge in [-0.3, -0.25) is 0 Å². The molecule has 0 radical (unpaired) electrons. The van der Waals surface area contributed by atoms with Crippen LogP contribution in [0.4, 0.5) is 5.69 Å². The summed E-state index contributed by atoms with van der Waals surface area (Å²) in [5.74, 6) is 0. The van der Waals surface area contributed by atoms with Gasteiger partial charge < -0.3 is 10.1 Å². The van der Waals surface area contributed by atoms with Crippen molar-refractivity contribution in [2.24, 2.45) is 0 Å². The minimum Gasteiger partial charge on any atom is -0.383 e. The molecule has 0 saturated heterocycles. The molecule has 0 aliphatic rings. The zero-order chi connectivity index (χ0) is 10.4. The molecule has 0 fully saturated rings. The first kappa shape index (κ1) is 11.5. The summed E-state index contributed by atoms with van der Waals surface area (Å²) in [4.78, 5) is 0. The highest BCUT2D eigenvalue weighted by Gasteiger charge is 2.04. The van der Waals surface area contributed by atoms with E-state index < -0.39 is 0 Å². The SMILES string of the molecule is CCC(COC)Nc1cccc(Br)c1. The lowest BCUT2D eigenvalue weighted by atomic mass is 10.2. The Morgan fingerprint density at radius 2 is 2.29 bits per heavy atom. The molecule has 14 heavy (non-hydrogen) atoms. The molecule has 3 heteroatoms. The summed E-state index contributed by atoms with van der Waals surface area (Å²) in [6.45, 7) is 2.89. The summed E-state index contributed by atoms with van der Waals surface area (Å²) in [7, 11) is 1.73. The van der Waals surface area contributed by atoms with Gasteiger partial charge in [0.25, 0.3) is 0 Å². The molecule has 1 N–H and O–H groups in total. The van der Waals surface area contributed by atoms with Crippen LogP contribution >= 0.6 is 15.9 Å². The van der Waals surface area contributed by atoms with Crippen molar-refractivity contribution in [3.05, 3.63) is 28.7 Å². The molecule has 0 heterocycles. The number of rotatable bonds is 5.